The maximum atomic E-state index is 11.4. The first kappa shape index (κ1) is 15.8. The van der Waals surface area contributed by atoms with E-state index in [1.54, 1.807) is 0 Å². The number of cyclic esters (lactones) is 1. The number of thioether (sulfide) groups is 1. The van der Waals surface area contributed by atoms with Crippen molar-refractivity contribution in [3.8, 4) is 0 Å². The minimum atomic E-state index is -0.0717. The third-order valence-electron chi connectivity index (χ3n) is 2.49. The second-order valence-corrected chi connectivity index (χ2v) is 4.87. The van der Waals surface area contributed by atoms with Crippen LogP contribution < -0.4 is 5.73 Å². The number of amidine groups is 1. The van der Waals surface area contributed by atoms with Gasteiger partial charge in [0.15, 0.2) is 5.17 Å². The molecule has 1 rings (SSSR count). The molecule has 4 nitrogen and oxygen atoms in total. The highest BCUT2D eigenvalue weighted by atomic mass is 79.9. The van der Waals surface area contributed by atoms with Crippen molar-refractivity contribution in [3.05, 3.63) is 0 Å². The largest absolute Gasteiger partial charge is 0.461 e. The number of unbranched alkanes of at least 4 members (excludes halogenated alkanes) is 1. The van der Waals surface area contributed by atoms with E-state index >= 15 is 0 Å². The number of nitrogens with two attached hydrogens (primary N) is 1. The molecule has 0 amide bonds. The highest BCUT2D eigenvalue weighted by molar-refractivity contribution is 8.93. The van der Waals surface area contributed by atoms with Gasteiger partial charge in [0, 0.05) is 5.75 Å². The van der Waals surface area contributed by atoms with Gasteiger partial charge in [-0.25, -0.2) is 0 Å². The maximum absolute atomic E-state index is 11.4. The Morgan fingerprint density at radius 3 is 2.94 bits per heavy atom. The Hall–Kier alpha value is -0.230. The van der Waals surface area contributed by atoms with Crippen LogP contribution in [0.5, 0.6) is 0 Å². The smallest absolute Gasteiger partial charge is 0.309 e. The van der Waals surface area contributed by atoms with Crippen LogP contribution in [0, 0.1) is 11.3 Å². The van der Waals surface area contributed by atoms with Crippen molar-refractivity contribution in [1.29, 1.82) is 5.41 Å². The molecule has 0 aromatic heterocycles. The third-order valence-corrected chi connectivity index (χ3v) is 3.34. The highest BCUT2D eigenvalue weighted by Gasteiger charge is 2.33. The van der Waals surface area contributed by atoms with E-state index in [1.807, 2.05) is 0 Å². The quantitative estimate of drug-likeness (QED) is 0.464. The minimum absolute atomic E-state index is 0. The standard InChI is InChI=1S/C10H18N2O2S.BrH/c1-2-3-4-7-5-8(14-9(7)13)6-15-10(11)12;/h7-8H,2-6H2,1H3,(H3,11,12);1H. The molecule has 6 heteroatoms. The van der Waals surface area contributed by atoms with Crippen molar-refractivity contribution in [3.63, 3.8) is 0 Å². The molecule has 0 bridgehead atoms. The van der Waals surface area contributed by atoms with Crippen molar-refractivity contribution >= 4 is 39.9 Å². The number of esters is 1. The third kappa shape index (κ3) is 5.21. The summed E-state index contributed by atoms with van der Waals surface area (Å²) in [7, 11) is 0. The van der Waals surface area contributed by atoms with E-state index in [2.05, 4.69) is 6.92 Å². The molecule has 0 aromatic rings. The Morgan fingerprint density at radius 2 is 2.38 bits per heavy atom. The fourth-order valence-corrected chi connectivity index (χ4v) is 2.26. The first-order valence-electron chi connectivity index (χ1n) is 5.30. The van der Waals surface area contributed by atoms with Crippen LogP contribution in [-0.4, -0.2) is 23.0 Å². The highest BCUT2D eigenvalue weighted by Crippen LogP contribution is 2.27. The molecule has 2 unspecified atom stereocenters. The van der Waals surface area contributed by atoms with Crippen LogP contribution in [0.2, 0.25) is 0 Å². The summed E-state index contributed by atoms with van der Waals surface area (Å²) in [6, 6.07) is 0. The van der Waals surface area contributed by atoms with Gasteiger partial charge in [-0.05, 0) is 12.8 Å². The van der Waals surface area contributed by atoms with Gasteiger partial charge in [-0.2, -0.15) is 0 Å². The van der Waals surface area contributed by atoms with Gasteiger partial charge in [0.2, 0.25) is 0 Å². The second-order valence-electron chi connectivity index (χ2n) is 3.81. The lowest BCUT2D eigenvalue weighted by Crippen LogP contribution is -2.14. The lowest BCUT2D eigenvalue weighted by atomic mass is 9.99. The molecule has 0 spiro atoms. The van der Waals surface area contributed by atoms with Gasteiger partial charge in [-0.15, -0.1) is 17.0 Å². The predicted molar refractivity (Wildman–Crippen MR) is 72.2 cm³/mol. The van der Waals surface area contributed by atoms with E-state index in [0.717, 1.165) is 25.7 Å². The van der Waals surface area contributed by atoms with E-state index in [1.165, 1.54) is 11.8 Å². The van der Waals surface area contributed by atoms with Crippen LogP contribution in [0.3, 0.4) is 0 Å². The molecule has 1 aliphatic heterocycles. The summed E-state index contributed by atoms with van der Waals surface area (Å²) in [5, 5.41) is 7.16. The van der Waals surface area contributed by atoms with Gasteiger partial charge < -0.3 is 10.5 Å². The van der Waals surface area contributed by atoms with Gasteiger partial charge >= 0.3 is 5.97 Å². The number of carbonyl (C=O) groups is 1. The molecule has 1 saturated heterocycles. The zero-order valence-electron chi connectivity index (χ0n) is 9.40. The summed E-state index contributed by atoms with van der Waals surface area (Å²) < 4.78 is 5.21. The molecular formula is C10H19BrN2O2S. The number of hydrogen-bond acceptors (Lipinski definition) is 4. The van der Waals surface area contributed by atoms with E-state index in [4.69, 9.17) is 15.9 Å². The van der Waals surface area contributed by atoms with E-state index in [-0.39, 0.29) is 40.1 Å². The zero-order chi connectivity index (χ0) is 11.3. The number of halogens is 1. The molecular weight excluding hydrogens is 292 g/mol. The van der Waals surface area contributed by atoms with Gasteiger partial charge in [-0.1, -0.05) is 31.5 Å². The summed E-state index contributed by atoms with van der Waals surface area (Å²) in [5.74, 6) is 0.615. The van der Waals surface area contributed by atoms with Crippen molar-refractivity contribution < 1.29 is 9.53 Å². The van der Waals surface area contributed by atoms with Crippen molar-refractivity contribution in [2.24, 2.45) is 11.7 Å². The molecule has 2 atom stereocenters. The molecule has 0 aliphatic carbocycles. The van der Waals surface area contributed by atoms with Gasteiger partial charge in [0.25, 0.3) is 0 Å². The number of ether oxygens (including phenoxy) is 1. The Balaban J connectivity index is 0.00000225. The normalized spacial score (nSPS) is 23.7. The first-order chi connectivity index (χ1) is 7.13. The number of hydrogen-bond donors (Lipinski definition) is 2. The summed E-state index contributed by atoms with van der Waals surface area (Å²) in [4.78, 5) is 11.4. The van der Waals surface area contributed by atoms with E-state index < -0.39 is 0 Å². The monoisotopic (exact) mass is 310 g/mol. The summed E-state index contributed by atoms with van der Waals surface area (Å²) in [6.07, 6.45) is 3.85. The van der Waals surface area contributed by atoms with Crippen LogP contribution in [0.4, 0.5) is 0 Å². The van der Waals surface area contributed by atoms with Crippen LogP contribution in [0.25, 0.3) is 0 Å². The maximum Gasteiger partial charge on any atom is 0.309 e. The Kier molecular flexibility index (Phi) is 7.83. The Bertz CT molecular complexity index is 251. The molecule has 94 valence electrons. The minimum Gasteiger partial charge on any atom is -0.461 e. The SMILES string of the molecule is Br.CCCCC1CC(CSC(=N)N)OC1=O. The average Bonchev–Trinajstić information content (AvgIpc) is 2.53. The molecule has 16 heavy (non-hydrogen) atoms. The van der Waals surface area contributed by atoms with Crippen LogP contribution in [0.1, 0.15) is 32.6 Å². The summed E-state index contributed by atoms with van der Waals surface area (Å²) >= 11 is 1.24. The average molecular weight is 311 g/mol. The van der Waals surface area contributed by atoms with Crippen LogP contribution in [0.15, 0.2) is 0 Å². The fourth-order valence-electron chi connectivity index (χ4n) is 1.69. The fraction of sp³-hybridized carbons (Fsp3) is 0.800. The molecule has 0 aromatic carbocycles. The summed E-state index contributed by atoms with van der Waals surface area (Å²) in [6.45, 7) is 2.11. The van der Waals surface area contributed by atoms with Crippen LogP contribution >= 0.6 is 28.7 Å². The number of nitrogens with one attached hydrogen (secondary N) is 1. The topological polar surface area (TPSA) is 76.2 Å². The molecule has 0 saturated carbocycles. The van der Waals surface area contributed by atoms with E-state index in [0.29, 0.717) is 5.75 Å². The number of carbonyl (C=O) groups excluding carboxylic acids is 1. The Labute approximate surface area is 111 Å². The molecule has 1 fully saturated rings. The van der Waals surface area contributed by atoms with Crippen LogP contribution in [-0.2, 0) is 9.53 Å². The number of rotatable bonds is 5. The van der Waals surface area contributed by atoms with Gasteiger partial charge in [0.1, 0.15) is 6.10 Å². The van der Waals surface area contributed by atoms with Crippen molar-refractivity contribution in [1.82, 2.24) is 0 Å². The second kappa shape index (κ2) is 7.95. The molecule has 1 aliphatic rings. The Morgan fingerprint density at radius 1 is 1.69 bits per heavy atom. The lowest BCUT2D eigenvalue weighted by molar-refractivity contribution is -0.143. The lowest BCUT2D eigenvalue weighted by Gasteiger charge is -2.06. The zero-order valence-corrected chi connectivity index (χ0v) is 11.9. The predicted octanol–water partition coefficient (Wildman–Crippen LogP) is 2.31. The molecule has 3 N–H and O–H groups in total. The van der Waals surface area contributed by atoms with Gasteiger partial charge in [-0.3, -0.25) is 10.2 Å². The first-order valence-corrected chi connectivity index (χ1v) is 6.29. The van der Waals surface area contributed by atoms with Gasteiger partial charge in [0.05, 0.1) is 5.92 Å². The van der Waals surface area contributed by atoms with Crippen molar-refractivity contribution in [2.45, 2.75) is 38.7 Å². The van der Waals surface area contributed by atoms with Crippen molar-refractivity contribution in [2.75, 3.05) is 5.75 Å². The van der Waals surface area contributed by atoms with E-state index in [9.17, 15) is 4.79 Å². The molecule has 0 radical (unpaired) electrons. The summed E-state index contributed by atoms with van der Waals surface area (Å²) in [5.41, 5.74) is 5.23. The molecule has 1 heterocycles.